The van der Waals surface area contributed by atoms with Crippen LogP contribution >= 0.6 is 0 Å². The molecule has 1 aliphatic rings. The lowest BCUT2D eigenvalue weighted by Crippen LogP contribution is -2.31. The van der Waals surface area contributed by atoms with Crippen LogP contribution in [0.25, 0.3) is 10.9 Å². The number of hydrogen-bond donors (Lipinski definition) is 2. The van der Waals surface area contributed by atoms with Crippen molar-refractivity contribution in [2.75, 3.05) is 18.5 Å². The summed E-state index contributed by atoms with van der Waals surface area (Å²) >= 11 is 0. The van der Waals surface area contributed by atoms with Crippen LogP contribution in [0.1, 0.15) is 24.1 Å². The fourth-order valence-corrected chi connectivity index (χ4v) is 4.52. The summed E-state index contributed by atoms with van der Waals surface area (Å²) in [4.78, 5) is 4.54. The molecule has 0 saturated carbocycles. The van der Waals surface area contributed by atoms with Crippen molar-refractivity contribution in [1.82, 2.24) is 9.71 Å². The minimum atomic E-state index is -3.56. The minimum Gasteiger partial charge on any atom is -0.380 e. The molecule has 0 radical (unpaired) electrons. The summed E-state index contributed by atoms with van der Waals surface area (Å²) in [6.07, 6.45) is 1.80. The second-order valence-corrected chi connectivity index (χ2v) is 8.94. The number of hydrogen-bond acceptors (Lipinski definition) is 6. The molecule has 3 aromatic rings. The predicted molar refractivity (Wildman–Crippen MR) is 114 cm³/mol. The Morgan fingerprint density at radius 1 is 1.17 bits per heavy atom. The van der Waals surface area contributed by atoms with E-state index in [9.17, 15) is 13.7 Å². The van der Waals surface area contributed by atoms with E-state index < -0.39 is 10.0 Å². The van der Waals surface area contributed by atoms with Crippen molar-refractivity contribution < 1.29 is 13.2 Å². The number of sulfonamides is 1. The zero-order chi connectivity index (χ0) is 21.0. The van der Waals surface area contributed by atoms with Crippen molar-refractivity contribution in [2.24, 2.45) is 0 Å². The van der Waals surface area contributed by atoms with Crippen LogP contribution in [0.2, 0.25) is 0 Å². The zero-order valence-electron chi connectivity index (χ0n) is 16.3. The number of nitriles is 1. The lowest BCUT2D eigenvalue weighted by molar-refractivity contribution is 0.114. The van der Waals surface area contributed by atoms with Gasteiger partial charge in [0.25, 0.3) is 0 Å². The van der Waals surface area contributed by atoms with E-state index in [0.717, 1.165) is 35.0 Å². The van der Waals surface area contributed by atoms with Crippen molar-refractivity contribution in [3.63, 3.8) is 0 Å². The van der Waals surface area contributed by atoms with Crippen molar-refractivity contribution >= 4 is 26.6 Å². The van der Waals surface area contributed by atoms with Gasteiger partial charge in [-0.3, -0.25) is 0 Å². The van der Waals surface area contributed by atoms with Crippen molar-refractivity contribution in [1.29, 1.82) is 5.26 Å². The first kappa shape index (κ1) is 20.3. The molecule has 0 bridgehead atoms. The SMILES string of the molecule is N#Cc1cc(NCc2ccc(S(=O)(=O)NCC3CCCO3)cc2)c2ccccc2n1. The molecule has 2 heterocycles. The van der Waals surface area contributed by atoms with Gasteiger partial charge in [0.15, 0.2) is 0 Å². The Bertz CT molecular complexity index is 1180. The number of ether oxygens (including phenoxy) is 1. The Kier molecular flexibility index (Phi) is 5.95. The Morgan fingerprint density at radius 3 is 2.70 bits per heavy atom. The molecule has 1 atom stereocenters. The highest BCUT2D eigenvalue weighted by Crippen LogP contribution is 2.24. The zero-order valence-corrected chi connectivity index (χ0v) is 17.2. The van der Waals surface area contributed by atoms with E-state index in [4.69, 9.17) is 4.74 Å². The molecule has 0 spiro atoms. The first-order valence-electron chi connectivity index (χ1n) is 9.79. The summed E-state index contributed by atoms with van der Waals surface area (Å²) in [6, 6.07) is 18.2. The Labute approximate surface area is 175 Å². The van der Waals surface area contributed by atoms with Crippen LogP contribution in [0.3, 0.4) is 0 Å². The number of nitrogens with zero attached hydrogens (tertiary/aromatic N) is 2. The van der Waals surface area contributed by atoms with Crippen LogP contribution in [0.4, 0.5) is 5.69 Å². The lowest BCUT2D eigenvalue weighted by Gasteiger charge is -2.12. The molecule has 30 heavy (non-hydrogen) atoms. The highest BCUT2D eigenvalue weighted by atomic mass is 32.2. The maximum atomic E-state index is 12.5. The first-order valence-corrected chi connectivity index (χ1v) is 11.3. The molecule has 4 rings (SSSR count). The molecule has 1 aliphatic heterocycles. The Hall–Kier alpha value is -2.99. The van der Waals surface area contributed by atoms with Crippen LogP contribution in [0.15, 0.2) is 59.5 Å². The molecule has 7 nitrogen and oxygen atoms in total. The molecule has 154 valence electrons. The van der Waals surface area contributed by atoms with Gasteiger partial charge in [0, 0.05) is 30.8 Å². The highest BCUT2D eigenvalue weighted by Gasteiger charge is 2.20. The van der Waals surface area contributed by atoms with E-state index in [1.165, 1.54) is 0 Å². The number of nitrogens with one attached hydrogen (secondary N) is 2. The average Bonchev–Trinajstić information content (AvgIpc) is 3.30. The molecular formula is C22H22N4O3S. The van der Waals surface area contributed by atoms with Crippen LogP contribution in [0.5, 0.6) is 0 Å². The maximum Gasteiger partial charge on any atom is 0.240 e. The summed E-state index contributed by atoms with van der Waals surface area (Å²) in [6.45, 7) is 1.47. The van der Waals surface area contributed by atoms with Gasteiger partial charge < -0.3 is 10.1 Å². The molecule has 0 amide bonds. The second kappa shape index (κ2) is 8.79. The van der Waals surface area contributed by atoms with Gasteiger partial charge in [-0.05, 0) is 42.7 Å². The van der Waals surface area contributed by atoms with E-state index in [1.54, 1.807) is 30.3 Å². The van der Waals surface area contributed by atoms with Crippen LogP contribution in [-0.4, -0.2) is 32.7 Å². The van der Waals surface area contributed by atoms with Crippen LogP contribution < -0.4 is 10.0 Å². The van der Waals surface area contributed by atoms with Gasteiger partial charge >= 0.3 is 0 Å². The number of anilines is 1. The van der Waals surface area contributed by atoms with E-state index in [-0.39, 0.29) is 11.0 Å². The fourth-order valence-electron chi connectivity index (χ4n) is 3.45. The van der Waals surface area contributed by atoms with E-state index in [2.05, 4.69) is 21.1 Å². The molecule has 1 fully saturated rings. The largest absolute Gasteiger partial charge is 0.380 e. The van der Waals surface area contributed by atoms with Crippen LogP contribution in [-0.2, 0) is 21.3 Å². The van der Waals surface area contributed by atoms with Gasteiger partial charge in [0.05, 0.1) is 16.5 Å². The predicted octanol–water partition coefficient (Wildman–Crippen LogP) is 3.18. The summed E-state index contributed by atoms with van der Waals surface area (Å²) in [5.41, 5.74) is 2.83. The standard InChI is InChI=1S/C22H22N4O3S/c23-13-17-12-22(20-5-1-2-6-21(20)26-17)24-14-16-7-9-19(10-8-16)30(27,28)25-15-18-4-3-11-29-18/h1-2,5-10,12,18,25H,3-4,11,14-15H2,(H,24,26). The number of benzene rings is 2. The lowest BCUT2D eigenvalue weighted by atomic mass is 10.1. The van der Waals surface area contributed by atoms with Crippen LogP contribution in [0, 0.1) is 11.3 Å². The molecule has 2 N–H and O–H groups in total. The molecule has 1 saturated heterocycles. The van der Waals surface area contributed by atoms with E-state index >= 15 is 0 Å². The summed E-state index contributed by atoms with van der Waals surface area (Å²) in [7, 11) is -3.56. The van der Waals surface area contributed by atoms with Crippen molar-refractivity contribution in [2.45, 2.75) is 30.4 Å². The second-order valence-electron chi connectivity index (χ2n) is 7.17. The number of rotatable bonds is 7. The maximum absolute atomic E-state index is 12.5. The van der Waals surface area contributed by atoms with Gasteiger partial charge in [-0.2, -0.15) is 5.26 Å². The average molecular weight is 423 g/mol. The molecule has 1 unspecified atom stereocenters. The number of para-hydroxylation sites is 1. The monoisotopic (exact) mass is 422 g/mol. The number of fused-ring (bicyclic) bond motifs is 1. The normalized spacial score (nSPS) is 16.4. The first-order chi connectivity index (χ1) is 14.5. The summed E-state index contributed by atoms with van der Waals surface area (Å²) < 4.78 is 33.0. The highest BCUT2D eigenvalue weighted by molar-refractivity contribution is 7.89. The van der Waals surface area contributed by atoms with E-state index in [1.807, 2.05) is 24.3 Å². The Morgan fingerprint density at radius 2 is 1.97 bits per heavy atom. The van der Waals surface area contributed by atoms with Crippen molar-refractivity contribution in [3.05, 3.63) is 65.9 Å². The summed E-state index contributed by atoms with van der Waals surface area (Å²) in [5, 5.41) is 13.5. The van der Waals surface area contributed by atoms with Crippen molar-refractivity contribution in [3.8, 4) is 6.07 Å². The molecule has 1 aromatic heterocycles. The van der Waals surface area contributed by atoms with E-state index in [0.29, 0.717) is 25.4 Å². The molecule has 2 aromatic carbocycles. The molecular weight excluding hydrogens is 400 g/mol. The third-order valence-corrected chi connectivity index (χ3v) is 6.51. The van der Waals surface area contributed by atoms with Gasteiger partial charge in [-0.1, -0.05) is 30.3 Å². The quantitative estimate of drug-likeness (QED) is 0.606. The van der Waals surface area contributed by atoms with Gasteiger partial charge in [-0.25, -0.2) is 18.1 Å². The van der Waals surface area contributed by atoms with Gasteiger partial charge in [-0.15, -0.1) is 0 Å². The van der Waals surface area contributed by atoms with Gasteiger partial charge in [0.1, 0.15) is 11.8 Å². The van der Waals surface area contributed by atoms with Gasteiger partial charge in [0.2, 0.25) is 10.0 Å². The summed E-state index contributed by atoms with van der Waals surface area (Å²) in [5.74, 6) is 0. The smallest absolute Gasteiger partial charge is 0.240 e. The fraction of sp³-hybridized carbons (Fsp3) is 0.273. The molecule has 0 aliphatic carbocycles. The number of pyridine rings is 1. The number of aromatic nitrogens is 1. The third-order valence-electron chi connectivity index (χ3n) is 5.07. The minimum absolute atomic E-state index is 0.0447. The topological polar surface area (TPSA) is 104 Å². The third kappa shape index (κ3) is 4.60. The molecule has 8 heteroatoms. The Balaban J connectivity index is 1.44.